The van der Waals surface area contributed by atoms with Crippen LogP contribution in [-0.4, -0.2) is 11.7 Å². The van der Waals surface area contributed by atoms with Crippen molar-refractivity contribution >= 4 is 23.4 Å². The summed E-state index contributed by atoms with van der Waals surface area (Å²) in [6.45, 7) is 0. The highest BCUT2D eigenvalue weighted by Gasteiger charge is 2.14. The second-order valence-corrected chi connectivity index (χ2v) is 3.30. The molecule has 0 radical (unpaired) electrons. The molecule has 1 aliphatic carbocycles. The van der Waals surface area contributed by atoms with Gasteiger partial charge in [0.05, 0.1) is 5.69 Å². The van der Waals surface area contributed by atoms with Gasteiger partial charge in [0, 0.05) is 18.1 Å². The average molecular weight is 203 g/mol. The van der Waals surface area contributed by atoms with E-state index >= 15 is 0 Å². The largest absolute Gasteiger partial charge is 0.438 e. The summed E-state index contributed by atoms with van der Waals surface area (Å²) in [5.41, 5.74) is 6.89. The molecule has 0 unspecified atom stereocenters. The smallest absolute Gasteiger partial charge is 0.230 e. The number of nitrogens with one attached hydrogen (secondary N) is 2. The Bertz CT molecular complexity index is 636. The van der Waals surface area contributed by atoms with Crippen LogP contribution < -0.4 is 21.9 Å². The van der Waals surface area contributed by atoms with Gasteiger partial charge in [-0.05, 0) is 12.3 Å². The number of hydrogen-bond donors (Lipinski definition) is 3. The lowest BCUT2D eigenvalue weighted by molar-refractivity contribution is -0.113. The van der Waals surface area contributed by atoms with Crippen molar-refractivity contribution in [2.45, 2.75) is 12.8 Å². The number of nitrogen functional groups attached to an aromatic ring is 1. The Labute approximate surface area is 84.5 Å². The molecule has 0 bridgehead atoms. The van der Waals surface area contributed by atoms with Gasteiger partial charge in [0.15, 0.2) is 5.78 Å². The number of nitrogens with two attached hydrogens (primary N) is 1. The molecule has 1 heterocycles. The van der Waals surface area contributed by atoms with E-state index in [1.54, 1.807) is 0 Å². The number of hydrogen-bond acceptors (Lipinski definition) is 5. The predicted octanol–water partition coefficient (Wildman–Crippen LogP) is -1.44. The minimum absolute atomic E-state index is 0.0309. The molecule has 0 aromatic carbocycles. The van der Waals surface area contributed by atoms with Gasteiger partial charge < -0.3 is 10.2 Å². The molecule has 0 saturated carbocycles. The van der Waals surface area contributed by atoms with Gasteiger partial charge in [-0.15, -0.1) is 0 Å². The third-order valence-corrected chi connectivity index (χ3v) is 2.37. The fourth-order valence-corrected chi connectivity index (χ4v) is 1.59. The quantitative estimate of drug-likeness (QED) is 0.449. The zero-order valence-corrected chi connectivity index (χ0v) is 7.89. The topological polar surface area (TPSA) is 104 Å². The summed E-state index contributed by atoms with van der Waals surface area (Å²) in [5.74, 6) is 2.04. The third-order valence-electron chi connectivity index (χ3n) is 2.37. The van der Waals surface area contributed by atoms with Crippen LogP contribution in [0.1, 0.15) is 12.0 Å². The molecule has 1 aliphatic rings. The second kappa shape index (κ2) is 3.22. The Balaban J connectivity index is 3.00. The maximum atomic E-state index is 11.1. The normalized spacial score (nSPS) is 14.0. The van der Waals surface area contributed by atoms with Crippen LogP contribution in [0.25, 0.3) is 6.08 Å². The minimum atomic E-state index is -0.229. The maximum Gasteiger partial charge on any atom is 0.230 e. The molecule has 0 saturated heterocycles. The summed E-state index contributed by atoms with van der Waals surface area (Å²) >= 11 is 0. The van der Waals surface area contributed by atoms with Crippen LogP contribution in [0.15, 0.2) is 4.42 Å². The van der Waals surface area contributed by atoms with E-state index in [4.69, 9.17) is 21.0 Å². The number of Topliss-reactive ketones (excluding diaryl/α,β-unsaturated/α-hetero) is 1. The highest BCUT2D eigenvalue weighted by molar-refractivity contribution is 6.06. The molecule has 4 N–H and O–H groups in total. The number of ketones is 1. The minimum Gasteiger partial charge on any atom is -0.438 e. The SMILES string of the molecule is N=C=c1c(N)c2c(oc1=N)=CC(=O)CC2. The molecule has 0 spiro atoms. The van der Waals surface area contributed by atoms with Gasteiger partial charge in [0.25, 0.3) is 0 Å². The first-order valence-electron chi connectivity index (χ1n) is 4.44. The van der Waals surface area contributed by atoms with Crippen molar-refractivity contribution < 1.29 is 9.21 Å². The molecular weight excluding hydrogens is 194 g/mol. The number of rotatable bonds is 0. The molecule has 2 rings (SSSR count). The Morgan fingerprint density at radius 1 is 1.47 bits per heavy atom. The van der Waals surface area contributed by atoms with Crippen LogP contribution in [0.2, 0.25) is 0 Å². The van der Waals surface area contributed by atoms with Gasteiger partial charge in [-0.3, -0.25) is 15.6 Å². The van der Waals surface area contributed by atoms with Crippen molar-refractivity contribution in [1.29, 1.82) is 10.8 Å². The van der Waals surface area contributed by atoms with Gasteiger partial charge in [0.2, 0.25) is 5.55 Å². The van der Waals surface area contributed by atoms with Crippen LogP contribution in [0.3, 0.4) is 0 Å². The molecule has 1 aromatic rings. The van der Waals surface area contributed by atoms with Crippen LogP contribution in [0.4, 0.5) is 5.69 Å². The molecular formula is C10H9N3O2. The van der Waals surface area contributed by atoms with Crippen LogP contribution >= 0.6 is 0 Å². The average Bonchev–Trinajstić information content (AvgIpc) is 2.17. The van der Waals surface area contributed by atoms with E-state index in [1.165, 1.54) is 6.08 Å². The van der Waals surface area contributed by atoms with Crippen LogP contribution in [0, 0.1) is 10.8 Å². The molecule has 0 fully saturated rings. The molecule has 0 aliphatic heterocycles. The van der Waals surface area contributed by atoms with E-state index in [1.807, 2.05) is 0 Å². The Kier molecular flexibility index (Phi) is 2.02. The zero-order valence-electron chi connectivity index (χ0n) is 7.89. The highest BCUT2D eigenvalue weighted by atomic mass is 16.3. The highest BCUT2D eigenvalue weighted by Crippen LogP contribution is 2.07. The number of carbonyl (C=O) groups excluding carboxylic acids is 1. The van der Waals surface area contributed by atoms with Crippen molar-refractivity contribution in [2.24, 2.45) is 0 Å². The summed E-state index contributed by atoms with van der Waals surface area (Å²) in [6, 6.07) is 0. The lowest BCUT2D eigenvalue weighted by Gasteiger charge is -2.08. The Morgan fingerprint density at radius 3 is 2.87 bits per heavy atom. The summed E-state index contributed by atoms with van der Waals surface area (Å²) in [6.07, 6.45) is 2.23. The summed E-state index contributed by atoms with van der Waals surface area (Å²) in [5, 5.41) is 14.6. The molecule has 0 amide bonds. The van der Waals surface area contributed by atoms with Gasteiger partial charge in [-0.25, -0.2) is 0 Å². The molecule has 15 heavy (non-hydrogen) atoms. The van der Waals surface area contributed by atoms with Crippen molar-refractivity contribution in [2.75, 3.05) is 5.73 Å². The first kappa shape index (κ1) is 9.43. The van der Waals surface area contributed by atoms with E-state index in [0.717, 1.165) is 0 Å². The van der Waals surface area contributed by atoms with E-state index < -0.39 is 0 Å². The van der Waals surface area contributed by atoms with E-state index in [2.05, 4.69) is 5.87 Å². The van der Waals surface area contributed by atoms with Gasteiger partial charge >= 0.3 is 0 Å². The number of carbonyl (C=O) groups is 1. The summed E-state index contributed by atoms with van der Waals surface area (Å²) < 4.78 is 5.10. The fourth-order valence-electron chi connectivity index (χ4n) is 1.59. The molecule has 1 aromatic heterocycles. The van der Waals surface area contributed by atoms with E-state index in [-0.39, 0.29) is 16.6 Å². The number of anilines is 1. The monoisotopic (exact) mass is 203 g/mol. The zero-order chi connectivity index (χ0) is 11.0. The van der Waals surface area contributed by atoms with Crippen molar-refractivity contribution in [3.63, 3.8) is 0 Å². The van der Waals surface area contributed by atoms with Gasteiger partial charge in [-0.1, -0.05) is 0 Å². The van der Waals surface area contributed by atoms with E-state index in [9.17, 15) is 4.79 Å². The van der Waals surface area contributed by atoms with Gasteiger partial charge in [0.1, 0.15) is 10.6 Å². The number of fused-ring (bicyclic) bond motifs is 1. The molecule has 0 atom stereocenters. The first-order chi connectivity index (χ1) is 7.13. The van der Waals surface area contributed by atoms with E-state index in [0.29, 0.717) is 29.5 Å². The fraction of sp³-hybridized carbons (Fsp3) is 0.200. The second-order valence-electron chi connectivity index (χ2n) is 3.30. The lowest BCUT2D eigenvalue weighted by atomic mass is 10.0. The molecule has 5 heteroatoms. The first-order valence-corrected chi connectivity index (χ1v) is 4.44. The standard InChI is InChI=1S/C10H9N3O2/c11-4-7-9(12)6-2-1-5(14)3-8(6)15-10(7)13/h3,11,13H,1-2,12H2. The molecule has 5 nitrogen and oxygen atoms in total. The Morgan fingerprint density at radius 2 is 2.20 bits per heavy atom. The summed E-state index contributed by atoms with van der Waals surface area (Å²) in [7, 11) is 0. The third kappa shape index (κ3) is 1.39. The van der Waals surface area contributed by atoms with Gasteiger partial charge in [-0.2, -0.15) is 0 Å². The van der Waals surface area contributed by atoms with Crippen LogP contribution in [-0.2, 0) is 11.2 Å². The Hall–Kier alpha value is -2.13. The van der Waals surface area contributed by atoms with Crippen molar-refractivity contribution in [1.82, 2.24) is 0 Å². The maximum absolute atomic E-state index is 11.1. The van der Waals surface area contributed by atoms with Crippen molar-refractivity contribution in [3.8, 4) is 0 Å². The lowest BCUT2D eigenvalue weighted by Crippen LogP contribution is -2.37. The van der Waals surface area contributed by atoms with Crippen molar-refractivity contribution in [3.05, 3.63) is 21.8 Å². The van der Waals surface area contributed by atoms with Crippen LogP contribution in [0.5, 0.6) is 0 Å². The predicted molar refractivity (Wildman–Crippen MR) is 52.8 cm³/mol. The summed E-state index contributed by atoms with van der Waals surface area (Å²) in [4.78, 5) is 11.1. The molecule has 76 valence electrons.